The van der Waals surface area contributed by atoms with Gasteiger partial charge in [0.15, 0.2) is 0 Å². The number of hydrogen-bond donors (Lipinski definition) is 1. The van der Waals surface area contributed by atoms with Gasteiger partial charge in [0, 0.05) is 18.0 Å². The Morgan fingerprint density at radius 3 is 2.55 bits per heavy atom. The number of aromatic nitrogens is 3. The van der Waals surface area contributed by atoms with Crippen LogP contribution in [0.15, 0.2) is 60.8 Å². The van der Waals surface area contributed by atoms with Gasteiger partial charge in [-0.1, -0.05) is 42.5 Å². The van der Waals surface area contributed by atoms with E-state index in [1.807, 2.05) is 30.5 Å². The molecule has 33 heavy (non-hydrogen) atoms. The lowest BCUT2D eigenvalue weighted by Gasteiger charge is -2.41. The Kier molecular flexibility index (Phi) is 4.93. The molecule has 3 aromatic rings. The number of rotatable bonds is 7. The molecule has 1 aliphatic carbocycles. The lowest BCUT2D eigenvalue weighted by molar-refractivity contribution is 0.107. The molecule has 168 valence electrons. The number of fused-ring (bicyclic) bond motifs is 4. The molecule has 1 saturated heterocycles. The molecule has 0 atom stereocenters. The molecule has 0 amide bonds. The van der Waals surface area contributed by atoms with Crippen molar-refractivity contribution in [3.05, 3.63) is 72.2 Å². The summed E-state index contributed by atoms with van der Waals surface area (Å²) in [5, 5.41) is 0. The Morgan fingerprint density at radius 1 is 0.970 bits per heavy atom. The Labute approximate surface area is 193 Å². The summed E-state index contributed by atoms with van der Waals surface area (Å²) >= 11 is 0. The molecule has 0 spiro atoms. The maximum atomic E-state index is 6.08. The predicted molar refractivity (Wildman–Crippen MR) is 130 cm³/mol. The summed E-state index contributed by atoms with van der Waals surface area (Å²) < 4.78 is 8.44. The molecular weight excluding hydrogens is 410 g/mol. The van der Waals surface area contributed by atoms with Gasteiger partial charge in [-0.05, 0) is 56.0 Å². The molecule has 6 nitrogen and oxygen atoms in total. The van der Waals surface area contributed by atoms with Crippen LogP contribution in [-0.4, -0.2) is 38.9 Å². The van der Waals surface area contributed by atoms with Crippen molar-refractivity contribution in [3.8, 4) is 28.4 Å². The monoisotopic (exact) mass is 439 g/mol. The number of nitrogens with zero attached hydrogens (tertiary/aromatic N) is 4. The van der Waals surface area contributed by atoms with Gasteiger partial charge >= 0.3 is 0 Å². The third-order valence-corrected chi connectivity index (χ3v) is 7.35. The highest BCUT2D eigenvalue weighted by atomic mass is 16.5. The number of imidazole rings is 1. The molecular formula is C27H29N5O. The molecule has 0 bridgehead atoms. The van der Waals surface area contributed by atoms with Gasteiger partial charge in [0.25, 0.3) is 0 Å². The molecule has 4 heterocycles. The molecule has 3 aliphatic heterocycles. The first-order valence-electron chi connectivity index (χ1n) is 11.7. The van der Waals surface area contributed by atoms with Crippen LogP contribution < -0.4 is 10.9 Å². The fourth-order valence-electron chi connectivity index (χ4n) is 5.35. The van der Waals surface area contributed by atoms with Crippen molar-refractivity contribution in [1.29, 1.82) is 0 Å². The molecule has 0 radical (unpaired) electrons. The van der Waals surface area contributed by atoms with Crippen LogP contribution in [0.5, 0.6) is 5.75 Å². The van der Waals surface area contributed by atoms with Gasteiger partial charge < -0.3 is 15.8 Å². The van der Waals surface area contributed by atoms with Crippen molar-refractivity contribution in [3.63, 3.8) is 0 Å². The van der Waals surface area contributed by atoms with E-state index >= 15 is 0 Å². The quantitative estimate of drug-likeness (QED) is 0.371. The van der Waals surface area contributed by atoms with E-state index in [0.717, 1.165) is 28.6 Å². The summed E-state index contributed by atoms with van der Waals surface area (Å²) in [6.07, 6.45) is 5.86. The molecule has 0 unspecified atom stereocenters. The second-order valence-electron chi connectivity index (χ2n) is 9.49. The Balaban J connectivity index is 0.00000206. The minimum Gasteiger partial charge on any atom is -0.489 e. The number of ether oxygens (including phenoxy) is 1. The summed E-state index contributed by atoms with van der Waals surface area (Å²) in [5.41, 5.74) is 6.87. The van der Waals surface area contributed by atoms with Crippen LogP contribution >= 0.6 is 0 Å². The molecule has 6 heteroatoms. The Morgan fingerprint density at radius 2 is 1.82 bits per heavy atom. The highest BCUT2D eigenvalue weighted by molar-refractivity contribution is 5.97. The molecule has 4 aliphatic rings. The highest BCUT2D eigenvalue weighted by Crippen LogP contribution is 2.48. The summed E-state index contributed by atoms with van der Waals surface area (Å²) in [6, 6.07) is 18.6. The van der Waals surface area contributed by atoms with Crippen molar-refractivity contribution >= 4 is 5.52 Å². The lowest BCUT2D eigenvalue weighted by Crippen LogP contribution is -2.43. The average molecular weight is 440 g/mol. The van der Waals surface area contributed by atoms with E-state index in [4.69, 9.17) is 9.72 Å². The second-order valence-corrected chi connectivity index (χ2v) is 9.49. The molecule has 1 saturated carbocycles. The van der Waals surface area contributed by atoms with Gasteiger partial charge in [-0.15, -0.1) is 0 Å². The first kappa shape index (κ1) is 20.4. The van der Waals surface area contributed by atoms with Crippen molar-refractivity contribution < 1.29 is 4.74 Å². The Hall–Kier alpha value is -3.22. The minimum atomic E-state index is 0. The van der Waals surface area contributed by atoms with E-state index in [1.54, 1.807) is 0 Å². The molecule has 2 fully saturated rings. The zero-order valence-corrected chi connectivity index (χ0v) is 18.8. The van der Waals surface area contributed by atoms with Crippen LogP contribution in [0.4, 0.5) is 0 Å². The average Bonchev–Trinajstić information content (AvgIpc) is 3.06. The molecule has 3 N–H and O–H groups in total. The van der Waals surface area contributed by atoms with Crippen LogP contribution in [0.3, 0.4) is 0 Å². The SMILES string of the molecule is N.c1ccc(COc2cccc(-c3nc(C4CC(CN5CCC5)C4)n4c5cnc-5c34)c2)cc1. The number of hydrogen-bond acceptors (Lipinski definition) is 5. The van der Waals surface area contributed by atoms with Gasteiger partial charge in [0.2, 0.25) is 0 Å². The van der Waals surface area contributed by atoms with Gasteiger partial charge in [-0.25, -0.2) is 4.98 Å². The minimum absolute atomic E-state index is 0. The van der Waals surface area contributed by atoms with E-state index in [0.29, 0.717) is 12.5 Å². The molecule has 1 aromatic heterocycles. The third-order valence-electron chi connectivity index (χ3n) is 7.35. The van der Waals surface area contributed by atoms with E-state index in [1.165, 1.54) is 61.5 Å². The first-order chi connectivity index (χ1) is 15.8. The van der Waals surface area contributed by atoms with Crippen LogP contribution in [0.1, 0.15) is 36.6 Å². The van der Waals surface area contributed by atoms with E-state index in [2.05, 4.69) is 44.6 Å². The van der Waals surface area contributed by atoms with E-state index in [-0.39, 0.29) is 6.15 Å². The van der Waals surface area contributed by atoms with Crippen molar-refractivity contribution in [2.75, 3.05) is 19.6 Å². The number of benzene rings is 2. The van der Waals surface area contributed by atoms with Gasteiger partial charge in [0.1, 0.15) is 29.4 Å². The predicted octanol–water partition coefficient (Wildman–Crippen LogP) is 5.32. The largest absolute Gasteiger partial charge is 0.489 e. The maximum Gasteiger partial charge on any atom is 0.120 e. The Bertz CT molecular complexity index is 1310. The lowest BCUT2D eigenvalue weighted by atomic mass is 9.73. The standard InChI is InChI=1S/C27H26N4O.H3N/c1-2-6-18(7-3-1)17-32-22-9-4-8-20(14-22)24-26-25-23(15-28-25)31(26)27(29-24)21-12-19(13-21)16-30-10-5-11-30;/h1-4,6-9,14-15,19,21H,5,10-13,16-17H2;1H3. The van der Waals surface area contributed by atoms with E-state index in [9.17, 15) is 0 Å². The fourth-order valence-corrected chi connectivity index (χ4v) is 5.35. The van der Waals surface area contributed by atoms with Crippen LogP contribution in [0, 0.1) is 5.92 Å². The smallest absolute Gasteiger partial charge is 0.120 e. The maximum absolute atomic E-state index is 6.08. The highest BCUT2D eigenvalue weighted by Gasteiger charge is 2.39. The third kappa shape index (κ3) is 3.33. The van der Waals surface area contributed by atoms with Crippen LogP contribution in [0.25, 0.3) is 28.2 Å². The molecule has 7 rings (SSSR count). The summed E-state index contributed by atoms with van der Waals surface area (Å²) in [7, 11) is 0. The van der Waals surface area contributed by atoms with Crippen molar-refractivity contribution in [2.24, 2.45) is 5.92 Å². The van der Waals surface area contributed by atoms with E-state index < -0.39 is 0 Å². The zero-order chi connectivity index (χ0) is 21.1. The van der Waals surface area contributed by atoms with Crippen molar-refractivity contribution in [1.82, 2.24) is 25.4 Å². The van der Waals surface area contributed by atoms with Gasteiger partial charge in [-0.3, -0.25) is 9.38 Å². The first-order valence-corrected chi connectivity index (χ1v) is 11.7. The van der Waals surface area contributed by atoms with Gasteiger partial charge in [-0.2, -0.15) is 0 Å². The van der Waals surface area contributed by atoms with Crippen molar-refractivity contribution in [2.45, 2.75) is 31.8 Å². The second kappa shape index (κ2) is 7.97. The molecule has 2 aromatic carbocycles. The zero-order valence-electron chi connectivity index (χ0n) is 18.8. The normalized spacial score (nSPS) is 20.6. The summed E-state index contributed by atoms with van der Waals surface area (Å²) in [5.74, 6) is 3.50. The fraction of sp³-hybridized carbons (Fsp3) is 0.333. The number of likely N-dealkylation sites (tertiary alicyclic amines) is 1. The summed E-state index contributed by atoms with van der Waals surface area (Å²) in [4.78, 5) is 12.3. The van der Waals surface area contributed by atoms with Crippen LogP contribution in [-0.2, 0) is 6.61 Å². The van der Waals surface area contributed by atoms with Crippen LogP contribution in [0.2, 0.25) is 0 Å². The van der Waals surface area contributed by atoms with Gasteiger partial charge in [0.05, 0.1) is 17.6 Å². The summed E-state index contributed by atoms with van der Waals surface area (Å²) in [6.45, 7) is 4.42. The topological polar surface area (TPSA) is 77.7 Å².